The Morgan fingerprint density at radius 2 is 1.83 bits per heavy atom. The number of carbonyl (C=O) groups excluding carboxylic acids is 1. The lowest BCUT2D eigenvalue weighted by Gasteiger charge is -2.28. The number of hydrogen-bond donors (Lipinski definition) is 1. The van der Waals surface area contributed by atoms with Gasteiger partial charge in [-0.3, -0.25) is 9.89 Å². The van der Waals surface area contributed by atoms with Gasteiger partial charge < -0.3 is 9.80 Å². The van der Waals surface area contributed by atoms with E-state index in [2.05, 4.69) is 22.0 Å². The molecule has 2 rings (SSSR count). The number of aromatic amines is 1. The fourth-order valence-electron chi connectivity index (χ4n) is 3.55. The van der Waals surface area contributed by atoms with Crippen molar-refractivity contribution < 1.29 is 4.79 Å². The molecule has 0 spiro atoms. The summed E-state index contributed by atoms with van der Waals surface area (Å²) in [7, 11) is 1.91. The predicted octanol–water partition coefficient (Wildman–Crippen LogP) is 3.20. The minimum atomic E-state index is 0.0635. The summed E-state index contributed by atoms with van der Waals surface area (Å²) in [5.74, 6) is 0.222. The summed E-state index contributed by atoms with van der Waals surface area (Å²) in [5.41, 5.74) is 3.18. The van der Waals surface area contributed by atoms with Crippen LogP contribution in [0.3, 0.4) is 0 Å². The lowest BCUT2D eigenvalue weighted by molar-refractivity contribution is -0.132. The zero-order valence-electron chi connectivity index (χ0n) is 15.2. The first kappa shape index (κ1) is 18.0. The van der Waals surface area contributed by atoms with Gasteiger partial charge in [-0.15, -0.1) is 0 Å². The SMILES string of the molecule is Cc1n[nH]c(C)c1[C@H](C)N(C)C(=O)CCN1CCCCCCC1. The largest absolute Gasteiger partial charge is 0.339 e. The highest BCUT2D eigenvalue weighted by Crippen LogP contribution is 2.24. The van der Waals surface area contributed by atoms with Gasteiger partial charge in [0.05, 0.1) is 11.7 Å². The smallest absolute Gasteiger partial charge is 0.224 e. The summed E-state index contributed by atoms with van der Waals surface area (Å²) >= 11 is 0. The van der Waals surface area contributed by atoms with Gasteiger partial charge in [0.25, 0.3) is 0 Å². The molecule has 1 atom stereocenters. The van der Waals surface area contributed by atoms with Gasteiger partial charge in [-0.1, -0.05) is 19.3 Å². The van der Waals surface area contributed by atoms with E-state index in [1.807, 2.05) is 25.8 Å². The van der Waals surface area contributed by atoms with E-state index in [-0.39, 0.29) is 11.9 Å². The molecule has 0 radical (unpaired) electrons. The van der Waals surface area contributed by atoms with Crippen LogP contribution in [0.15, 0.2) is 0 Å². The molecular weight excluding hydrogens is 288 g/mol. The van der Waals surface area contributed by atoms with Crippen LogP contribution in [0.1, 0.15) is 68.4 Å². The Labute approximate surface area is 140 Å². The molecule has 5 nitrogen and oxygen atoms in total. The molecule has 1 aromatic rings. The zero-order valence-corrected chi connectivity index (χ0v) is 15.2. The Morgan fingerprint density at radius 1 is 1.22 bits per heavy atom. The molecule has 1 aromatic heterocycles. The topological polar surface area (TPSA) is 52.2 Å². The fraction of sp³-hybridized carbons (Fsp3) is 0.778. The minimum absolute atomic E-state index is 0.0635. The van der Waals surface area contributed by atoms with Crippen molar-refractivity contribution in [2.45, 2.75) is 65.3 Å². The van der Waals surface area contributed by atoms with Crippen molar-refractivity contribution in [2.24, 2.45) is 0 Å². The summed E-state index contributed by atoms with van der Waals surface area (Å²) in [5, 5.41) is 7.26. The summed E-state index contributed by atoms with van der Waals surface area (Å²) in [6.07, 6.45) is 7.19. The molecule has 2 heterocycles. The second-order valence-electron chi connectivity index (χ2n) is 6.89. The van der Waals surface area contributed by atoms with Crippen LogP contribution < -0.4 is 0 Å². The zero-order chi connectivity index (χ0) is 16.8. The number of aryl methyl sites for hydroxylation is 2. The first-order valence-electron chi connectivity index (χ1n) is 9.00. The molecule has 1 aliphatic heterocycles. The van der Waals surface area contributed by atoms with Gasteiger partial charge in [0.2, 0.25) is 5.91 Å². The number of aromatic nitrogens is 2. The molecule has 1 amide bonds. The van der Waals surface area contributed by atoms with E-state index in [0.29, 0.717) is 6.42 Å². The Kier molecular flexibility index (Phi) is 6.63. The van der Waals surface area contributed by atoms with Crippen molar-refractivity contribution in [3.8, 4) is 0 Å². The summed E-state index contributed by atoms with van der Waals surface area (Å²) < 4.78 is 0. The molecule has 1 fully saturated rings. The first-order valence-corrected chi connectivity index (χ1v) is 9.00. The minimum Gasteiger partial charge on any atom is -0.339 e. The number of carbonyl (C=O) groups is 1. The maximum absolute atomic E-state index is 12.6. The summed E-state index contributed by atoms with van der Waals surface area (Å²) in [4.78, 5) is 16.9. The molecule has 0 aromatic carbocycles. The number of rotatable bonds is 5. The average Bonchev–Trinajstić information content (AvgIpc) is 2.83. The summed E-state index contributed by atoms with van der Waals surface area (Å²) in [6.45, 7) is 9.27. The fourth-order valence-corrected chi connectivity index (χ4v) is 3.55. The maximum atomic E-state index is 12.6. The standard InChI is InChI=1S/C18H32N4O/c1-14-18(15(2)20-19-14)16(3)21(4)17(23)10-13-22-11-8-6-5-7-9-12-22/h16H,5-13H2,1-4H3,(H,19,20)/t16-/m0/s1. The quantitative estimate of drug-likeness (QED) is 0.906. The van der Waals surface area contributed by atoms with Crippen LogP contribution in [0.5, 0.6) is 0 Å². The Balaban J connectivity index is 1.86. The second kappa shape index (κ2) is 8.48. The van der Waals surface area contributed by atoms with E-state index >= 15 is 0 Å². The summed E-state index contributed by atoms with van der Waals surface area (Å²) in [6, 6.07) is 0.0635. The Bertz CT molecular complexity index is 484. The molecule has 0 aliphatic carbocycles. The van der Waals surface area contributed by atoms with Crippen molar-refractivity contribution >= 4 is 5.91 Å². The highest BCUT2D eigenvalue weighted by Gasteiger charge is 2.22. The highest BCUT2D eigenvalue weighted by atomic mass is 16.2. The molecule has 23 heavy (non-hydrogen) atoms. The number of likely N-dealkylation sites (tertiary alicyclic amines) is 1. The van der Waals surface area contributed by atoms with Crippen LogP contribution in [-0.2, 0) is 4.79 Å². The molecule has 1 N–H and O–H groups in total. The third-order valence-electron chi connectivity index (χ3n) is 5.17. The Hall–Kier alpha value is -1.36. The van der Waals surface area contributed by atoms with Gasteiger partial charge in [-0.25, -0.2) is 0 Å². The number of H-pyrrole nitrogens is 1. The van der Waals surface area contributed by atoms with Crippen molar-refractivity contribution in [1.29, 1.82) is 0 Å². The number of nitrogens with zero attached hydrogens (tertiary/aromatic N) is 3. The molecular formula is C18H32N4O. The van der Waals surface area contributed by atoms with Gasteiger partial charge in [0, 0.05) is 31.3 Å². The Morgan fingerprint density at radius 3 is 2.39 bits per heavy atom. The van der Waals surface area contributed by atoms with Crippen LogP contribution in [0.2, 0.25) is 0 Å². The van der Waals surface area contributed by atoms with Crippen molar-refractivity contribution in [1.82, 2.24) is 20.0 Å². The van der Waals surface area contributed by atoms with E-state index in [9.17, 15) is 4.79 Å². The van der Waals surface area contributed by atoms with E-state index in [1.54, 1.807) is 0 Å². The third-order valence-corrected chi connectivity index (χ3v) is 5.17. The average molecular weight is 320 g/mol. The van der Waals surface area contributed by atoms with E-state index < -0.39 is 0 Å². The van der Waals surface area contributed by atoms with Gasteiger partial charge in [0.15, 0.2) is 0 Å². The van der Waals surface area contributed by atoms with Crippen molar-refractivity contribution in [3.05, 3.63) is 17.0 Å². The molecule has 1 aliphatic rings. The van der Waals surface area contributed by atoms with Crippen LogP contribution in [0.25, 0.3) is 0 Å². The molecule has 5 heteroatoms. The number of amides is 1. The first-order chi connectivity index (χ1) is 11.0. The predicted molar refractivity (Wildman–Crippen MR) is 93.4 cm³/mol. The molecule has 1 saturated heterocycles. The molecule has 130 valence electrons. The monoisotopic (exact) mass is 320 g/mol. The van der Waals surface area contributed by atoms with E-state index in [1.165, 1.54) is 32.1 Å². The van der Waals surface area contributed by atoms with Crippen molar-refractivity contribution in [3.63, 3.8) is 0 Å². The van der Waals surface area contributed by atoms with Crippen LogP contribution in [-0.4, -0.2) is 52.6 Å². The molecule has 0 saturated carbocycles. The van der Waals surface area contributed by atoms with Gasteiger partial charge >= 0.3 is 0 Å². The lowest BCUT2D eigenvalue weighted by atomic mass is 10.0. The van der Waals surface area contributed by atoms with Gasteiger partial charge in [-0.05, 0) is 46.7 Å². The number of hydrogen-bond acceptors (Lipinski definition) is 3. The number of nitrogens with one attached hydrogen (secondary N) is 1. The third kappa shape index (κ3) is 4.80. The normalized spacial score (nSPS) is 18.3. The van der Waals surface area contributed by atoms with Crippen LogP contribution >= 0.6 is 0 Å². The second-order valence-corrected chi connectivity index (χ2v) is 6.89. The highest BCUT2D eigenvalue weighted by molar-refractivity contribution is 5.76. The molecule has 0 unspecified atom stereocenters. The lowest BCUT2D eigenvalue weighted by Crippen LogP contribution is -2.35. The molecule has 0 bridgehead atoms. The van der Waals surface area contributed by atoms with Gasteiger partial charge in [-0.2, -0.15) is 5.10 Å². The van der Waals surface area contributed by atoms with Crippen LogP contribution in [0.4, 0.5) is 0 Å². The van der Waals surface area contributed by atoms with Crippen LogP contribution in [0, 0.1) is 13.8 Å². The van der Waals surface area contributed by atoms with E-state index in [4.69, 9.17) is 0 Å². The maximum Gasteiger partial charge on any atom is 0.224 e. The van der Waals surface area contributed by atoms with Gasteiger partial charge in [0.1, 0.15) is 0 Å². The van der Waals surface area contributed by atoms with Crippen molar-refractivity contribution in [2.75, 3.05) is 26.7 Å². The van der Waals surface area contributed by atoms with E-state index in [0.717, 1.165) is 36.6 Å².